The van der Waals surface area contributed by atoms with Crippen LogP contribution < -0.4 is 15.5 Å². The standard InChI is InChI=1S/C13H21N5O/c1-3-5-14-11-8-12(17-10(4-2)16-11)18-7-6-15-13(19)9-18/h8H,3-7,9H2,1-2H3,(H,15,19)(H,14,16,17). The van der Waals surface area contributed by atoms with Crippen LogP contribution in [-0.2, 0) is 11.2 Å². The summed E-state index contributed by atoms with van der Waals surface area (Å²) in [7, 11) is 0. The summed E-state index contributed by atoms with van der Waals surface area (Å²) < 4.78 is 0. The Morgan fingerprint density at radius 1 is 1.42 bits per heavy atom. The van der Waals surface area contributed by atoms with Gasteiger partial charge in [0, 0.05) is 32.1 Å². The fraction of sp³-hybridized carbons (Fsp3) is 0.615. The molecule has 104 valence electrons. The van der Waals surface area contributed by atoms with Gasteiger partial charge in [-0.3, -0.25) is 4.79 Å². The van der Waals surface area contributed by atoms with E-state index in [4.69, 9.17) is 0 Å². The maximum Gasteiger partial charge on any atom is 0.239 e. The molecule has 6 heteroatoms. The number of rotatable bonds is 5. The summed E-state index contributed by atoms with van der Waals surface area (Å²) in [6.07, 6.45) is 1.83. The molecule has 0 atom stereocenters. The van der Waals surface area contributed by atoms with E-state index in [1.807, 2.05) is 17.9 Å². The van der Waals surface area contributed by atoms with Gasteiger partial charge in [-0.1, -0.05) is 13.8 Å². The van der Waals surface area contributed by atoms with Gasteiger partial charge in [0.25, 0.3) is 0 Å². The van der Waals surface area contributed by atoms with Crippen LogP contribution in [0.3, 0.4) is 0 Å². The summed E-state index contributed by atoms with van der Waals surface area (Å²) in [5.74, 6) is 2.53. The normalized spacial score (nSPS) is 15.3. The highest BCUT2D eigenvalue weighted by atomic mass is 16.2. The third-order valence-electron chi connectivity index (χ3n) is 2.99. The molecular weight excluding hydrogens is 242 g/mol. The second-order valence-electron chi connectivity index (χ2n) is 4.58. The van der Waals surface area contributed by atoms with Crippen molar-refractivity contribution in [1.29, 1.82) is 0 Å². The van der Waals surface area contributed by atoms with Gasteiger partial charge in [-0.15, -0.1) is 0 Å². The van der Waals surface area contributed by atoms with Gasteiger partial charge in [0.1, 0.15) is 17.5 Å². The van der Waals surface area contributed by atoms with Gasteiger partial charge in [0.15, 0.2) is 0 Å². The number of nitrogens with one attached hydrogen (secondary N) is 2. The van der Waals surface area contributed by atoms with E-state index in [2.05, 4.69) is 27.5 Å². The monoisotopic (exact) mass is 263 g/mol. The summed E-state index contributed by atoms with van der Waals surface area (Å²) in [5.41, 5.74) is 0. The largest absolute Gasteiger partial charge is 0.370 e. The lowest BCUT2D eigenvalue weighted by atomic mass is 10.3. The molecule has 2 heterocycles. The first kappa shape index (κ1) is 13.6. The molecule has 0 saturated carbocycles. The zero-order valence-electron chi connectivity index (χ0n) is 11.6. The molecule has 1 aliphatic rings. The molecule has 1 aromatic rings. The minimum Gasteiger partial charge on any atom is -0.370 e. The van der Waals surface area contributed by atoms with Crippen molar-refractivity contribution in [3.63, 3.8) is 0 Å². The molecule has 0 unspecified atom stereocenters. The van der Waals surface area contributed by atoms with Crippen molar-refractivity contribution in [2.75, 3.05) is 36.4 Å². The quantitative estimate of drug-likeness (QED) is 0.822. The Hall–Kier alpha value is -1.85. The minimum absolute atomic E-state index is 0.0472. The van der Waals surface area contributed by atoms with Gasteiger partial charge in [-0.05, 0) is 6.42 Å². The van der Waals surface area contributed by atoms with E-state index in [0.29, 0.717) is 13.1 Å². The first-order valence-electron chi connectivity index (χ1n) is 6.86. The molecule has 2 rings (SSSR count). The highest BCUT2D eigenvalue weighted by Gasteiger charge is 2.18. The second-order valence-corrected chi connectivity index (χ2v) is 4.58. The van der Waals surface area contributed by atoms with Crippen molar-refractivity contribution in [3.8, 4) is 0 Å². The van der Waals surface area contributed by atoms with Crippen molar-refractivity contribution in [3.05, 3.63) is 11.9 Å². The predicted molar refractivity (Wildman–Crippen MR) is 75.4 cm³/mol. The van der Waals surface area contributed by atoms with Crippen molar-refractivity contribution in [1.82, 2.24) is 15.3 Å². The smallest absolute Gasteiger partial charge is 0.239 e. The van der Waals surface area contributed by atoms with Crippen LogP contribution in [0.1, 0.15) is 26.1 Å². The maximum absolute atomic E-state index is 11.4. The van der Waals surface area contributed by atoms with E-state index >= 15 is 0 Å². The van der Waals surface area contributed by atoms with Gasteiger partial charge < -0.3 is 15.5 Å². The molecule has 1 aliphatic heterocycles. The van der Waals surface area contributed by atoms with E-state index in [-0.39, 0.29) is 5.91 Å². The average Bonchev–Trinajstić information content (AvgIpc) is 2.44. The van der Waals surface area contributed by atoms with E-state index in [1.54, 1.807) is 0 Å². The van der Waals surface area contributed by atoms with Crippen LogP contribution in [0.15, 0.2) is 6.07 Å². The predicted octanol–water partition coefficient (Wildman–Crippen LogP) is 0.797. The van der Waals surface area contributed by atoms with Crippen LogP contribution in [0.25, 0.3) is 0 Å². The fourth-order valence-electron chi connectivity index (χ4n) is 1.98. The molecule has 0 spiro atoms. The molecule has 0 radical (unpaired) electrons. The first-order valence-corrected chi connectivity index (χ1v) is 6.86. The molecule has 0 bridgehead atoms. The summed E-state index contributed by atoms with van der Waals surface area (Å²) >= 11 is 0. The lowest BCUT2D eigenvalue weighted by molar-refractivity contribution is -0.120. The number of hydrogen-bond acceptors (Lipinski definition) is 5. The minimum atomic E-state index is 0.0472. The van der Waals surface area contributed by atoms with Crippen molar-refractivity contribution < 1.29 is 4.79 Å². The SMILES string of the molecule is CCCNc1cc(N2CCNC(=O)C2)nc(CC)n1. The number of amides is 1. The number of carbonyl (C=O) groups is 1. The molecule has 1 fully saturated rings. The van der Waals surface area contributed by atoms with E-state index in [9.17, 15) is 4.79 Å². The number of carbonyl (C=O) groups excluding carboxylic acids is 1. The molecule has 1 aromatic heterocycles. The third kappa shape index (κ3) is 3.56. The Labute approximate surface area is 113 Å². The van der Waals surface area contributed by atoms with Crippen molar-refractivity contribution in [2.45, 2.75) is 26.7 Å². The Kier molecular flexibility index (Phi) is 4.54. The molecular formula is C13H21N5O. The fourth-order valence-corrected chi connectivity index (χ4v) is 1.98. The van der Waals surface area contributed by atoms with Crippen LogP contribution in [0.4, 0.5) is 11.6 Å². The molecule has 2 N–H and O–H groups in total. The summed E-state index contributed by atoms with van der Waals surface area (Å²) in [4.78, 5) is 22.4. The molecule has 19 heavy (non-hydrogen) atoms. The van der Waals surface area contributed by atoms with Crippen LogP contribution in [-0.4, -0.2) is 42.1 Å². The maximum atomic E-state index is 11.4. The number of piperazine rings is 1. The van der Waals surface area contributed by atoms with Gasteiger partial charge in [-0.2, -0.15) is 0 Å². The van der Waals surface area contributed by atoms with E-state index in [0.717, 1.165) is 43.4 Å². The number of aromatic nitrogens is 2. The zero-order valence-corrected chi connectivity index (χ0v) is 11.6. The van der Waals surface area contributed by atoms with Gasteiger partial charge >= 0.3 is 0 Å². The Bertz CT molecular complexity index is 449. The zero-order chi connectivity index (χ0) is 13.7. The van der Waals surface area contributed by atoms with E-state index < -0.39 is 0 Å². The molecule has 0 aromatic carbocycles. The van der Waals surface area contributed by atoms with Gasteiger partial charge in [0.2, 0.25) is 5.91 Å². The topological polar surface area (TPSA) is 70.2 Å². The molecule has 1 amide bonds. The van der Waals surface area contributed by atoms with E-state index in [1.165, 1.54) is 0 Å². The number of hydrogen-bond donors (Lipinski definition) is 2. The summed E-state index contributed by atoms with van der Waals surface area (Å²) in [5, 5.41) is 6.10. The lowest BCUT2D eigenvalue weighted by Crippen LogP contribution is -2.48. The third-order valence-corrected chi connectivity index (χ3v) is 2.99. The number of aryl methyl sites for hydroxylation is 1. The Morgan fingerprint density at radius 3 is 2.95 bits per heavy atom. The number of nitrogens with zero attached hydrogens (tertiary/aromatic N) is 3. The van der Waals surface area contributed by atoms with Crippen LogP contribution in [0.5, 0.6) is 0 Å². The van der Waals surface area contributed by atoms with Gasteiger partial charge in [-0.25, -0.2) is 9.97 Å². The molecule has 1 saturated heterocycles. The summed E-state index contributed by atoms with van der Waals surface area (Å²) in [6.45, 7) is 6.87. The Balaban J connectivity index is 2.20. The highest BCUT2D eigenvalue weighted by molar-refractivity contribution is 5.82. The summed E-state index contributed by atoms with van der Waals surface area (Å²) in [6, 6.07) is 1.92. The van der Waals surface area contributed by atoms with Crippen molar-refractivity contribution in [2.24, 2.45) is 0 Å². The van der Waals surface area contributed by atoms with Crippen LogP contribution >= 0.6 is 0 Å². The second kappa shape index (κ2) is 6.36. The molecule has 0 aliphatic carbocycles. The highest BCUT2D eigenvalue weighted by Crippen LogP contribution is 2.17. The average molecular weight is 263 g/mol. The van der Waals surface area contributed by atoms with Crippen LogP contribution in [0.2, 0.25) is 0 Å². The number of anilines is 2. The van der Waals surface area contributed by atoms with Gasteiger partial charge in [0.05, 0.1) is 6.54 Å². The molecule has 6 nitrogen and oxygen atoms in total. The van der Waals surface area contributed by atoms with Crippen LogP contribution in [0, 0.1) is 0 Å². The Morgan fingerprint density at radius 2 is 2.26 bits per heavy atom. The lowest BCUT2D eigenvalue weighted by Gasteiger charge is -2.28. The first-order chi connectivity index (χ1) is 9.22. The van der Waals surface area contributed by atoms with Crippen molar-refractivity contribution >= 4 is 17.5 Å².